The van der Waals surface area contributed by atoms with Crippen molar-refractivity contribution in [2.75, 3.05) is 0 Å². The average molecular weight is 150 g/mol. The number of hydrogen-bond donors (Lipinski definition) is 1. The molecule has 0 aliphatic rings. The van der Waals surface area contributed by atoms with E-state index in [9.17, 15) is 4.79 Å². The number of quaternary nitrogens is 1. The summed E-state index contributed by atoms with van der Waals surface area (Å²) in [5, 5.41) is 0. The van der Waals surface area contributed by atoms with Gasteiger partial charge in [-0.2, -0.15) is 0 Å². The molecule has 2 nitrogen and oxygen atoms in total. The minimum absolute atomic E-state index is 0.102. The second-order valence-electron chi connectivity index (χ2n) is 2.63. The zero-order valence-electron chi connectivity index (χ0n) is 6.58. The van der Waals surface area contributed by atoms with E-state index in [1.165, 1.54) is 0 Å². The molecule has 0 radical (unpaired) electrons. The molecule has 58 valence electrons. The van der Waals surface area contributed by atoms with Crippen LogP contribution in [0, 0.1) is 0 Å². The van der Waals surface area contributed by atoms with Crippen LogP contribution in [0.25, 0.3) is 0 Å². The van der Waals surface area contributed by atoms with E-state index >= 15 is 0 Å². The SMILES string of the molecule is C[C@H]([NH3+])C(=O)c1ccccc1. The number of hydrogen-bond acceptors (Lipinski definition) is 1. The molecule has 1 atom stereocenters. The Morgan fingerprint density at radius 1 is 1.36 bits per heavy atom. The van der Waals surface area contributed by atoms with Crippen molar-refractivity contribution >= 4 is 5.78 Å². The van der Waals surface area contributed by atoms with Crippen molar-refractivity contribution in [3.05, 3.63) is 35.9 Å². The molecular formula is C9H12NO+. The maximum absolute atomic E-state index is 11.3. The zero-order valence-corrected chi connectivity index (χ0v) is 6.58. The van der Waals surface area contributed by atoms with Crippen molar-refractivity contribution in [2.45, 2.75) is 13.0 Å². The lowest BCUT2D eigenvalue weighted by Crippen LogP contribution is -2.63. The molecule has 0 aliphatic heterocycles. The third-order valence-corrected chi connectivity index (χ3v) is 1.51. The molecule has 0 heterocycles. The number of rotatable bonds is 2. The van der Waals surface area contributed by atoms with Gasteiger partial charge in [-0.1, -0.05) is 30.3 Å². The van der Waals surface area contributed by atoms with Crippen LogP contribution >= 0.6 is 0 Å². The van der Waals surface area contributed by atoms with E-state index in [2.05, 4.69) is 5.73 Å². The Bertz CT molecular complexity index is 241. The van der Waals surface area contributed by atoms with Crippen LogP contribution in [0.4, 0.5) is 0 Å². The first-order chi connectivity index (χ1) is 5.22. The van der Waals surface area contributed by atoms with Crippen molar-refractivity contribution < 1.29 is 10.5 Å². The summed E-state index contributed by atoms with van der Waals surface area (Å²) in [6.45, 7) is 1.80. The monoisotopic (exact) mass is 150 g/mol. The molecule has 0 bridgehead atoms. The maximum atomic E-state index is 11.3. The minimum atomic E-state index is -0.155. The third-order valence-electron chi connectivity index (χ3n) is 1.51. The Morgan fingerprint density at radius 3 is 2.36 bits per heavy atom. The summed E-state index contributed by atoms with van der Waals surface area (Å²) in [5.41, 5.74) is 4.41. The fraction of sp³-hybridized carbons (Fsp3) is 0.222. The smallest absolute Gasteiger partial charge is 0.219 e. The van der Waals surface area contributed by atoms with Gasteiger partial charge in [0.05, 0.1) is 0 Å². The molecule has 0 aromatic heterocycles. The second-order valence-corrected chi connectivity index (χ2v) is 2.63. The molecule has 0 saturated heterocycles. The average Bonchev–Trinajstić information content (AvgIpc) is 2.05. The predicted octanol–water partition coefficient (Wildman–Crippen LogP) is 0.500. The van der Waals surface area contributed by atoms with E-state index < -0.39 is 0 Å². The lowest BCUT2D eigenvalue weighted by molar-refractivity contribution is -0.393. The number of Topliss-reactive ketones (excluding diaryl/α,β-unsaturated/α-hetero) is 1. The fourth-order valence-corrected chi connectivity index (χ4v) is 0.887. The fourth-order valence-electron chi connectivity index (χ4n) is 0.887. The third kappa shape index (κ3) is 1.88. The van der Waals surface area contributed by atoms with Gasteiger partial charge in [0.1, 0.15) is 6.04 Å². The van der Waals surface area contributed by atoms with Crippen LogP contribution in [-0.4, -0.2) is 11.8 Å². The van der Waals surface area contributed by atoms with E-state index in [-0.39, 0.29) is 11.8 Å². The largest absolute Gasteiger partial charge is 0.349 e. The summed E-state index contributed by atoms with van der Waals surface area (Å²) >= 11 is 0. The van der Waals surface area contributed by atoms with Crippen LogP contribution < -0.4 is 5.73 Å². The first kappa shape index (κ1) is 7.95. The molecule has 0 amide bonds. The summed E-state index contributed by atoms with van der Waals surface area (Å²) in [7, 11) is 0. The van der Waals surface area contributed by atoms with E-state index in [0.29, 0.717) is 0 Å². The highest BCUT2D eigenvalue weighted by molar-refractivity contribution is 5.98. The molecular weight excluding hydrogens is 138 g/mol. The first-order valence-corrected chi connectivity index (χ1v) is 3.64. The Kier molecular flexibility index (Phi) is 2.39. The van der Waals surface area contributed by atoms with Gasteiger partial charge in [0.15, 0.2) is 0 Å². The number of carbonyl (C=O) groups excluding carboxylic acids is 1. The molecule has 1 aromatic rings. The van der Waals surface area contributed by atoms with Crippen LogP contribution in [0.5, 0.6) is 0 Å². The number of carbonyl (C=O) groups is 1. The van der Waals surface area contributed by atoms with Crippen molar-refractivity contribution in [3.8, 4) is 0 Å². The number of ketones is 1. The van der Waals surface area contributed by atoms with Gasteiger partial charge in [-0.3, -0.25) is 4.79 Å². The highest BCUT2D eigenvalue weighted by atomic mass is 16.1. The van der Waals surface area contributed by atoms with E-state index in [0.717, 1.165) is 5.56 Å². The van der Waals surface area contributed by atoms with E-state index in [1.807, 2.05) is 30.3 Å². The highest BCUT2D eigenvalue weighted by Crippen LogP contribution is 2.00. The molecule has 1 rings (SSSR count). The van der Waals surface area contributed by atoms with Gasteiger partial charge in [-0.05, 0) is 6.92 Å². The maximum Gasteiger partial charge on any atom is 0.219 e. The van der Waals surface area contributed by atoms with Crippen LogP contribution in [0.3, 0.4) is 0 Å². The van der Waals surface area contributed by atoms with E-state index in [1.54, 1.807) is 6.92 Å². The standard InChI is InChI=1S/C9H11NO/c1-7(10)9(11)8-5-3-2-4-6-8/h2-7H,10H2,1H3/p+1/t7-/m0/s1. The highest BCUT2D eigenvalue weighted by Gasteiger charge is 2.11. The molecule has 0 aliphatic carbocycles. The lowest BCUT2D eigenvalue weighted by Gasteiger charge is -1.99. The Hall–Kier alpha value is -1.15. The normalized spacial score (nSPS) is 12.5. The van der Waals surface area contributed by atoms with E-state index in [4.69, 9.17) is 0 Å². The van der Waals surface area contributed by atoms with Crippen molar-refractivity contribution in [1.82, 2.24) is 0 Å². The van der Waals surface area contributed by atoms with Crippen LogP contribution in [0.2, 0.25) is 0 Å². The molecule has 0 saturated carbocycles. The second kappa shape index (κ2) is 3.30. The van der Waals surface area contributed by atoms with Gasteiger partial charge in [0.25, 0.3) is 0 Å². The van der Waals surface area contributed by atoms with Crippen molar-refractivity contribution in [1.29, 1.82) is 0 Å². The quantitative estimate of drug-likeness (QED) is 0.613. The van der Waals surface area contributed by atoms with Gasteiger partial charge in [0, 0.05) is 5.56 Å². The molecule has 0 spiro atoms. The van der Waals surface area contributed by atoms with Gasteiger partial charge in [0.2, 0.25) is 5.78 Å². The zero-order chi connectivity index (χ0) is 8.27. The summed E-state index contributed by atoms with van der Waals surface area (Å²) in [4.78, 5) is 11.3. The Morgan fingerprint density at radius 2 is 1.91 bits per heavy atom. The van der Waals surface area contributed by atoms with Gasteiger partial charge in [-0.25, -0.2) is 0 Å². The molecule has 2 heteroatoms. The van der Waals surface area contributed by atoms with Crippen LogP contribution in [0.1, 0.15) is 17.3 Å². The summed E-state index contributed by atoms with van der Waals surface area (Å²) in [6.07, 6.45) is 0. The molecule has 1 aromatic carbocycles. The summed E-state index contributed by atoms with van der Waals surface area (Å²) < 4.78 is 0. The molecule has 3 N–H and O–H groups in total. The van der Waals surface area contributed by atoms with Crippen LogP contribution in [-0.2, 0) is 0 Å². The topological polar surface area (TPSA) is 44.7 Å². The minimum Gasteiger partial charge on any atom is -0.349 e. The summed E-state index contributed by atoms with van der Waals surface area (Å²) in [6, 6.07) is 9.07. The molecule has 0 fully saturated rings. The molecule has 0 unspecified atom stereocenters. The van der Waals surface area contributed by atoms with Crippen LogP contribution in [0.15, 0.2) is 30.3 Å². The van der Waals surface area contributed by atoms with Crippen molar-refractivity contribution in [3.63, 3.8) is 0 Å². The molecule has 11 heavy (non-hydrogen) atoms. The van der Waals surface area contributed by atoms with Gasteiger partial charge in [-0.15, -0.1) is 0 Å². The first-order valence-electron chi connectivity index (χ1n) is 3.64. The van der Waals surface area contributed by atoms with Crippen molar-refractivity contribution in [2.24, 2.45) is 0 Å². The summed E-state index contributed by atoms with van der Waals surface area (Å²) in [5.74, 6) is 0.102. The Labute approximate surface area is 66.0 Å². The van der Waals surface area contributed by atoms with Gasteiger partial charge < -0.3 is 5.73 Å². The Balaban J connectivity index is 2.86. The lowest BCUT2D eigenvalue weighted by atomic mass is 10.1. The van der Waals surface area contributed by atoms with Gasteiger partial charge >= 0.3 is 0 Å². The predicted molar refractivity (Wildman–Crippen MR) is 43.1 cm³/mol. The number of benzene rings is 1.